The minimum absolute atomic E-state index is 0.259. The first kappa shape index (κ1) is 15.5. The Kier molecular flexibility index (Phi) is 5.17. The molecule has 1 aromatic heterocycles. The molecule has 0 spiro atoms. The Morgan fingerprint density at radius 2 is 2.20 bits per heavy atom. The molecule has 1 aliphatic carbocycles. The van der Waals surface area contributed by atoms with E-state index in [1.165, 1.54) is 6.20 Å². The SMILES string of the molecule is CC(C)NCCCn1cc(S(=O)(=O)NCC2CC2)cn1. The molecule has 1 fully saturated rings. The molecule has 0 atom stereocenters. The van der Waals surface area contributed by atoms with Gasteiger partial charge in [0.25, 0.3) is 0 Å². The van der Waals surface area contributed by atoms with Crippen molar-refractivity contribution in [3.05, 3.63) is 12.4 Å². The molecular weight excluding hydrogens is 276 g/mol. The summed E-state index contributed by atoms with van der Waals surface area (Å²) in [5.74, 6) is 0.530. The van der Waals surface area contributed by atoms with Gasteiger partial charge in [-0.05, 0) is 31.7 Å². The van der Waals surface area contributed by atoms with E-state index in [0.29, 0.717) is 18.5 Å². The highest BCUT2D eigenvalue weighted by molar-refractivity contribution is 7.89. The molecule has 1 aromatic rings. The molecule has 1 saturated carbocycles. The van der Waals surface area contributed by atoms with Crippen molar-refractivity contribution in [3.63, 3.8) is 0 Å². The van der Waals surface area contributed by atoms with E-state index in [1.54, 1.807) is 10.9 Å². The zero-order valence-electron chi connectivity index (χ0n) is 12.2. The molecule has 0 bridgehead atoms. The number of nitrogens with one attached hydrogen (secondary N) is 2. The van der Waals surface area contributed by atoms with Crippen LogP contribution in [0.4, 0.5) is 0 Å². The summed E-state index contributed by atoms with van der Waals surface area (Å²) < 4.78 is 28.4. The van der Waals surface area contributed by atoms with Crippen LogP contribution in [-0.4, -0.2) is 37.3 Å². The van der Waals surface area contributed by atoms with Crippen molar-refractivity contribution in [1.29, 1.82) is 0 Å². The normalized spacial score (nSPS) is 15.9. The fraction of sp³-hybridized carbons (Fsp3) is 0.769. The molecule has 2 rings (SSSR count). The molecule has 1 heterocycles. The second-order valence-electron chi connectivity index (χ2n) is 5.70. The summed E-state index contributed by atoms with van der Waals surface area (Å²) in [6, 6.07) is 0.468. The Hall–Kier alpha value is -0.920. The Balaban J connectivity index is 1.81. The smallest absolute Gasteiger partial charge is 0.243 e. The van der Waals surface area contributed by atoms with Crippen LogP contribution < -0.4 is 10.0 Å². The van der Waals surface area contributed by atoms with Gasteiger partial charge in [-0.25, -0.2) is 13.1 Å². The largest absolute Gasteiger partial charge is 0.314 e. The molecule has 0 saturated heterocycles. The first-order valence-electron chi connectivity index (χ1n) is 7.23. The molecule has 7 heteroatoms. The van der Waals surface area contributed by atoms with Gasteiger partial charge in [0.15, 0.2) is 0 Å². The van der Waals surface area contributed by atoms with Gasteiger partial charge in [0, 0.05) is 25.3 Å². The third kappa shape index (κ3) is 4.88. The lowest BCUT2D eigenvalue weighted by atomic mass is 10.3. The van der Waals surface area contributed by atoms with Crippen molar-refractivity contribution < 1.29 is 8.42 Å². The van der Waals surface area contributed by atoms with E-state index >= 15 is 0 Å². The number of nitrogens with zero attached hydrogens (tertiary/aromatic N) is 2. The molecule has 1 aliphatic rings. The minimum atomic E-state index is -3.39. The maximum absolute atomic E-state index is 12.0. The maximum Gasteiger partial charge on any atom is 0.243 e. The van der Waals surface area contributed by atoms with E-state index in [-0.39, 0.29) is 4.90 Å². The Labute approximate surface area is 121 Å². The zero-order valence-corrected chi connectivity index (χ0v) is 13.0. The van der Waals surface area contributed by atoms with Crippen molar-refractivity contribution in [1.82, 2.24) is 19.8 Å². The first-order valence-corrected chi connectivity index (χ1v) is 8.71. The van der Waals surface area contributed by atoms with Gasteiger partial charge in [0.1, 0.15) is 4.90 Å². The summed E-state index contributed by atoms with van der Waals surface area (Å²) in [6.45, 7) is 6.37. The van der Waals surface area contributed by atoms with Gasteiger partial charge >= 0.3 is 0 Å². The fourth-order valence-corrected chi connectivity index (χ4v) is 2.94. The number of sulfonamides is 1. The van der Waals surface area contributed by atoms with Crippen molar-refractivity contribution in [2.75, 3.05) is 13.1 Å². The predicted molar refractivity (Wildman–Crippen MR) is 77.9 cm³/mol. The van der Waals surface area contributed by atoms with Crippen LogP contribution in [0.2, 0.25) is 0 Å². The summed E-state index contributed by atoms with van der Waals surface area (Å²) in [5.41, 5.74) is 0. The third-order valence-electron chi connectivity index (χ3n) is 3.30. The monoisotopic (exact) mass is 300 g/mol. The summed E-state index contributed by atoms with van der Waals surface area (Å²) in [6.07, 6.45) is 6.21. The molecule has 0 amide bonds. The standard InChI is InChI=1S/C13H24N4O2S/c1-11(2)14-6-3-7-17-10-13(9-15-17)20(18,19)16-8-12-4-5-12/h9-12,14,16H,3-8H2,1-2H3. The van der Waals surface area contributed by atoms with Crippen LogP contribution in [-0.2, 0) is 16.6 Å². The Morgan fingerprint density at radius 1 is 1.45 bits per heavy atom. The van der Waals surface area contributed by atoms with Crippen LogP contribution in [0.5, 0.6) is 0 Å². The lowest BCUT2D eigenvalue weighted by Crippen LogP contribution is -2.25. The average Bonchev–Trinajstić information content (AvgIpc) is 3.09. The van der Waals surface area contributed by atoms with Gasteiger partial charge in [-0.15, -0.1) is 0 Å². The van der Waals surface area contributed by atoms with E-state index < -0.39 is 10.0 Å². The van der Waals surface area contributed by atoms with Crippen molar-refractivity contribution in [3.8, 4) is 0 Å². The van der Waals surface area contributed by atoms with E-state index in [4.69, 9.17) is 0 Å². The fourth-order valence-electron chi connectivity index (χ4n) is 1.87. The van der Waals surface area contributed by atoms with E-state index in [9.17, 15) is 8.42 Å². The third-order valence-corrected chi connectivity index (χ3v) is 4.67. The van der Waals surface area contributed by atoms with Crippen LogP contribution in [0.25, 0.3) is 0 Å². The summed E-state index contributed by atoms with van der Waals surface area (Å²) >= 11 is 0. The lowest BCUT2D eigenvalue weighted by molar-refractivity contribution is 0.513. The second-order valence-corrected chi connectivity index (χ2v) is 7.46. The van der Waals surface area contributed by atoms with Crippen molar-refractivity contribution in [2.45, 2.75) is 50.6 Å². The topological polar surface area (TPSA) is 76.0 Å². The van der Waals surface area contributed by atoms with Gasteiger partial charge in [0.05, 0.1) is 6.20 Å². The summed E-state index contributed by atoms with van der Waals surface area (Å²) in [4.78, 5) is 0.259. The molecule has 2 N–H and O–H groups in total. The lowest BCUT2D eigenvalue weighted by Gasteiger charge is -2.07. The van der Waals surface area contributed by atoms with Crippen molar-refractivity contribution in [2.24, 2.45) is 5.92 Å². The number of rotatable bonds is 9. The quantitative estimate of drug-likeness (QED) is 0.666. The highest BCUT2D eigenvalue weighted by Crippen LogP contribution is 2.28. The highest BCUT2D eigenvalue weighted by Gasteiger charge is 2.24. The molecule has 0 aliphatic heterocycles. The molecule has 0 aromatic carbocycles. The first-order chi connectivity index (χ1) is 9.47. The van der Waals surface area contributed by atoms with Gasteiger partial charge < -0.3 is 5.32 Å². The number of aryl methyl sites for hydroxylation is 1. The molecule has 6 nitrogen and oxygen atoms in total. The number of hydrogen-bond acceptors (Lipinski definition) is 4. The Morgan fingerprint density at radius 3 is 2.85 bits per heavy atom. The van der Waals surface area contributed by atoms with Crippen molar-refractivity contribution >= 4 is 10.0 Å². The maximum atomic E-state index is 12.0. The molecule has 114 valence electrons. The molecule has 0 radical (unpaired) electrons. The summed E-state index contributed by atoms with van der Waals surface area (Å²) in [5, 5.41) is 7.43. The van der Waals surface area contributed by atoms with E-state index in [1.807, 2.05) is 0 Å². The van der Waals surface area contributed by atoms with Crippen LogP contribution in [0.3, 0.4) is 0 Å². The van der Waals surface area contributed by atoms with Crippen LogP contribution in [0, 0.1) is 5.92 Å². The average molecular weight is 300 g/mol. The van der Waals surface area contributed by atoms with Gasteiger partial charge in [-0.3, -0.25) is 4.68 Å². The number of hydrogen-bond donors (Lipinski definition) is 2. The Bertz CT molecular complexity index is 520. The van der Waals surface area contributed by atoms with E-state index in [2.05, 4.69) is 29.0 Å². The van der Waals surface area contributed by atoms with Crippen LogP contribution in [0.1, 0.15) is 33.1 Å². The van der Waals surface area contributed by atoms with Gasteiger partial charge in [-0.1, -0.05) is 13.8 Å². The number of aromatic nitrogens is 2. The molecule has 0 unspecified atom stereocenters. The van der Waals surface area contributed by atoms with Gasteiger partial charge in [0.2, 0.25) is 10.0 Å². The predicted octanol–water partition coefficient (Wildman–Crippen LogP) is 0.960. The van der Waals surface area contributed by atoms with Crippen LogP contribution >= 0.6 is 0 Å². The molecular formula is C13H24N4O2S. The highest BCUT2D eigenvalue weighted by atomic mass is 32.2. The zero-order chi connectivity index (χ0) is 14.6. The minimum Gasteiger partial charge on any atom is -0.314 e. The second kappa shape index (κ2) is 6.69. The van der Waals surface area contributed by atoms with Gasteiger partial charge in [-0.2, -0.15) is 5.10 Å². The summed E-state index contributed by atoms with van der Waals surface area (Å²) in [7, 11) is -3.39. The van der Waals surface area contributed by atoms with Crippen LogP contribution in [0.15, 0.2) is 17.3 Å². The van der Waals surface area contributed by atoms with E-state index in [0.717, 1.165) is 32.4 Å². The molecule has 20 heavy (non-hydrogen) atoms.